The molecular weight excluding hydrogens is 240 g/mol. The molecule has 1 aliphatic rings. The number of carboxylic acids is 1. The summed E-state index contributed by atoms with van der Waals surface area (Å²) in [5.41, 5.74) is -0.607. The molecule has 2 amide bonds. The third kappa shape index (κ3) is 4.23. The minimum Gasteiger partial charge on any atom is -0.548 e. The lowest BCUT2D eigenvalue weighted by atomic mass is 10.2. The van der Waals surface area contributed by atoms with Crippen molar-refractivity contribution in [1.82, 2.24) is 9.80 Å². The van der Waals surface area contributed by atoms with Crippen molar-refractivity contribution in [3.63, 3.8) is 0 Å². The van der Waals surface area contributed by atoms with Gasteiger partial charge in [-0.15, -0.1) is 0 Å². The highest BCUT2D eigenvalue weighted by Gasteiger charge is 2.30. The summed E-state index contributed by atoms with van der Waals surface area (Å²) >= 11 is 0. The molecule has 102 valence electrons. The molecule has 18 heavy (non-hydrogen) atoms. The molecule has 0 aromatic carbocycles. The molecular formula is C11H17N2O5-. The summed E-state index contributed by atoms with van der Waals surface area (Å²) in [5, 5.41) is 10.4. The molecule has 0 aromatic heterocycles. The molecule has 0 aliphatic carbocycles. The van der Waals surface area contributed by atoms with Gasteiger partial charge < -0.3 is 24.4 Å². The van der Waals surface area contributed by atoms with Crippen molar-refractivity contribution in [3.05, 3.63) is 0 Å². The van der Waals surface area contributed by atoms with Crippen LogP contribution in [0.4, 0.5) is 4.79 Å². The lowest BCUT2D eigenvalue weighted by Gasteiger charge is -2.22. The van der Waals surface area contributed by atoms with Crippen molar-refractivity contribution < 1.29 is 24.2 Å². The number of carbonyl (C=O) groups is 3. The number of ether oxygens (including phenoxy) is 1. The number of esters is 1. The lowest BCUT2D eigenvalue weighted by molar-refractivity contribution is -0.305. The van der Waals surface area contributed by atoms with E-state index in [1.807, 2.05) is 0 Å². The quantitative estimate of drug-likeness (QED) is 0.591. The van der Waals surface area contributed by atoms with Gasteiger partial charge in [-0.2, -0.15) is 0 Å². The fourth-order valence-electron chi connectivity index (χ4n) is 1.61. The molecule has 0 bridgehead atoms. The molecule has 7 nitrogen and oxygen atoms in total. The van der Waals surface area contributed by atoms with Crippen LogP contribution in [0.5, 0.6) is 0 Å². The maximum Gasteiger partial charge on any atom is 0.326 e. The van der Waals surface area contributed by atoms with Gasteiger partial charge in [0.05, 0.1) is 12.5 Å². The van der Waals surface area contributed by atoms with Gasteiger partial charge in [-0.1, -0.05) is 0 Å². The van der Waals surface area contributed by atoms with E-state index in [2.05, 4.69) is 0 Å². The number of amides is 2. The van der Waals surface area contributed by atoms with Crippen LogP contribution < -0.4 is 5.11 Å². The largest absolute Gasteiger partial charge is 0.548 e. The monoisotopic (exact) mass is 257 g/mol. The van der Waals surface area contributed by atoms with Gasteiger partial charge in [-0.25, -0.2) is 4.79 Å². The standard InChI is InChI=1S/C11H18N2O5/c1-11(2,3)18-9(16)7-13-5-4-12(10(13)17)6-8(14)15/h4-7H2,1-3H3,(H,14,15)/p-1. The van der Waals surface area contributed by atoms with Crippen LogP contribution in [0.15, 0.2) is 0 Å². The first-order chi connectivity index (χ1) is 8.19. The highest BCUT2D eigenvalue weighted by molar-refractivity contribution is 5.84. The summed E-state index contributed by atoms with van der Waals surface area (Å²) in [6, 6.07) is -0.481. The molecule has 1 rings (SSSR count). The third-order valence-corrected chi connectivity index (χ3v) is 2.24. The number of urea groups is 1. The maximum atomic E-state index is 11.7. The van der Waals surface area contributed by atoms with Crippen molar-refractivity contribution in [2.75, 3.05) is 26.2 Å². The first-order valence-electron chi connectivity index (χ1n) is 5.64. The molecule has 1 saturated heterocycles. The zero-order valence-corrected chi connectivity index (χ0v) is 10.8. The fraction of sp³-hybridized carbons (Fsp3) is 0.727. The van der Waals surface area contributed by atoms with Crippen LogP contribution in [-0.4, -0.2) is 59.5 Å². The van der Waals surface area contributed by atoms with E-state index in [4.69, 9.17) is 4.74 Å². The Morgan fingerprint density at radius 2 is 1.72 bits per heavy atom. The second kappa shape index (κ2) is 5.24. The predicted octanol–water partition coefficient (Wildman–Crippen LogP) is -1.18. The average Bonchev–Trinajstić information content (AvgIpc) is 2.46. The van der Waals surface area contributed by atoms with Crippen molar-refractivity contribution in [2.24, 2.45) is 0 Å². The Balaban J connectivity index is 2.48. The minimum absolute atomic E-state index is 0.167. The van der Waals surface area contributed by atoms with Crippen LogP contribution in [0.2, 0.25) is 0 Å². The maximum absolute atomic E-state index is 11.7. The Morgan fingerprint density at radius 3 is 2.17 bits per heavy atom. The van der Waals surface area contributed by atoms with Crippen molar-refractivity contribution >= 4 is 18.0 Å². The summed E-state index contributed by atoms with van der Waals surface area (Å²) in [6.45, 7) is 5.17. The molecule has 0 N–H and O–H groups in total. The van der Waals surface area contributed by atoms with Crippen molar-refractivity contribution in [3.8, 4) is 0 Å². The molecule has 0 aromatic rings. The smallest absolute Gasteiger partial charge is 0.326 e. The molecule has 7 heteroatoms. The Bertz CT molecular complexity index is 361. The molecule has 0 spiro atoms. The normalized spacial score (nSPS) is 16.1. The summed E-state index contributed by atoms with van der Waals surface area (Å²) in [7, 11) is 0. The van der Waals surface area contributed by atoms with Crippen molar-refractivity contribution in [2.45, 2.75) is 26.4 Å². The van der Waals surface area contributed by atoms with E-state index in [-0.39, 0.29) is 13.1 Å². The third-order valence-electron chi connectivity index (χ3n) is 2.24. The van der Waals surface area contributed by atoms with Gasteiger partial charge in [0.2, 0.25) is 0 Å². The van der Waals surface area contributed by atoms with Gasteiger partial charge in [0.25, 0.3) is 0 Å². The minimum atomic E-state index is -1.32. The van der Waals surface area contributed by atoms with Crippen LogP contribution in [0, 0.1) is 0 Å². The molecule has 1 fully saturated rings. The predicted molar refractivity (Wildman–Crippen MR) is 59.4 cm³/mol. The van der Waals surface area contributed by atoms with E-state index in [1.165, 1.54) is 4.90 Å². The second-order valence-corrected chi connectivity index (χ2v) is 5.08. The summed E-state index contributed by atoms with van der Waals surface area (Å²) in [5.74, 6) is -1.83. The number of hydrogen-bond donors (Lipinski definition) is 0. The molecule has 1 aliphatic heterocycles. The topological polar surface area (TPSA) is 90.0 Å². The van der Waals surface area contributed by atoms with E-state index in [9.17, 15) is 19.5 Å². The Morgan fingerprint density at radius 1 is 1.22 bits per heavy atom. The van der Waals surface area contributed by atoms with Gasteiger partial charge in [0.1, 0.15) is 12.1 Å². The van der Waals surface area contributed by atoms with E-state index in [1.54, 1.807) is 20.8 Å². The Hall–Kier alpha value is -1.79. The first kappa shape index (κ1) is 14.3. The number of carbonyl (C=O) groups excluding carboxylic acids is 3. The fourth-order valence-corrected chi connectivity index (χ4v) is 1.61. The van der Waals surface area contributed by atoms with E-state index in [0.29, 0.717) is 6.54 Å². The lowest BCUT2D eigenvalue weighted by Crippen LogP contribution is -2.42. The zero-order chi connectivity index (χ0) is 13.9. The molecule has 0 saturated carbocycles. The highest BCUT2D eigenvalue weighted by atomic mass is 16.6. The van der Waals surface area contributed by atoms with Crippen molar-refractivity contribution in [1.29, 1.82) is 0 Å². The van der Waals surface area contributed by atoms with Crippen LogP contribution >= 0.6 is 0 Å². The van der Waals surface area contributed by atoms with Gasteiger partial charge in [0.15, 0.2) is 0 Å². The number of carboxylic acid groups (broad SMARTS) is 1. The molecule has 0 radical (unpaired) electrons. The molecule has 1 heterocycles. The summed E-state index contributed by atoms with van der Waals surface area (Å²) < 4.78 is 5.08. The molecule has 0 unspecified atom stereocenters. The number of rotatable bonds is 4. The first-order valence-corrected chi connectivity index (χ1v) is 5.64. The van der Waals surface area contributed by atoms with Gasteiger partial charge >= 0.3 is 12.0 Å². The SMILES string of the molecule is CC(C)(C)OC(=O)CN1CCN(CC(=O)[O-])C1=O. The van der Waals surface area contributed by atoms with Gasteiger partial charge in [-0.3, -0.25) is 4.79 Å². The van der Waals surface area contributed by atoms with Gasteiger partial charge in [0, 0.05) is 13.1 Å². The summed E-state index contributed by atoms with van der Waals surface area (Å²) in [4.78, 5) is 36.0. The number of aliphatic carboxylic acids is 1. The zero-order valence-electron chi connectivity index (χ0n) is 10.8. The Labute approximate surface area is 105 Å². The van der Waals surface area contributed by atoms with E-state index < -0.39 is 30.1 Å². The number of hydrogen-bond acceptors (Lipinski definition) is 5. The Kier molecular flexibility index (Phi) is 4.15. The van der Waals surface area contributed by atoms with E-state index >= 15 is 0 Å². The van der Waals surface area contributed by atoms with Gasteiger partial charge in [-0.05, 0) is 20.8 Å². The highest BCUT2D eigenvalue weighted by Crippen LogP contribution is 2.11. The summed E-state index contributed by atoms with van der Waals surface area (Å²) in [6.07, 6.45) is 0. The average molecular weight is 257 g/mol. The molecule has 0 atom stereocenters. The van der Waals surface area contributed by atoms with E-state index in [0.717, 1.165) is 4.90 Å². The number of nitrogens with zero attached hydrogens (tertiary/aromatic N) is 2. The van der Waals surface area contributed by atoms with Crippen LogP contribution in [0.25, 0.3) is 0 Å². The second-order valence-electron chi connectivity index (χ2n) is 5.08. The van der Waals surface area contributed by atoms with Crippen LogP contribution in [-0.2, 0) is 14.3 Å². The van der Waals surface area contributed by atoms with Crippen LogP contribution in [0.1, 0.15) is 20.8 Å². The van der Waals surface area contributed by atoms with Crippen LogP contribution in [0.3, 0.4) is 0 Å².